The van der Waals surface area contributed by atoms with Crippen LogP contribution in [0, 0.1) is 5.92 Å². The van der Waals surface area contributed by atoms with Crippen LogP contribution in [0.1, 0.15) is 61.3 Å². The first-order chi connectivity index (χ1) is 15.5. The Labute approximate surface area is 188 Å². The van der Waals surface area contributed by atoms with Crippen LogP contribution >= 0.6 is 0 Å². The number of hydrogen-bond acceptors (Lipinski definition) is 6. The Morgan fingerprint density at radius 2 is 1.81 bits per heavy atom. The van der Waals surface area contributed by atoms with E-state index in [4.69, 9.17) is 0 Å². The van der Waals surface area contributed by atoms with Crippen molar-refractivity contribution < 1.29 is 9.59 Å². The third kappa shape index (κ3) is 7.68. The second-order valence-corrected chi connectivity index (χ2v) is 8.30. The summed E-state index contributed by atoms with van der Waals surface area (Å²) in [7, 11) is 0. The van der Waals surface area contributed by atoms with Gasteiger partial charge >= 0.3 is 0 Å². The van der Waals surface area contributed by atoms with Crippen LogP contribution in [0.2, 0.25) is 0 Å². The number of aryl methyl sites for hydroxylation is 2. The van der Waals surface area contributed by atoms with Gasteiger partial charge in [0.15, 0.2) is 11.6 Å². The van der Waals surface area contributed by atoms with Crippen molar-refractivity contribution in [3.05, 3.63) is 65.6 Å². The van der Waals surface area contributed by atoms with Gasteiger partial charge in [-0.3, -0.25) is 14.3 Å². The van der Waals surface area contributed by atoms with Gasteiger partial charge in [0, 0.05) is 13.0 Å². The minimum absolute atomic E-state index is 0.0520. The molecule has 2 heterocycles. The zero-order valence-electron chi connectivity index (χ0n) is 18.7. The summed E-state index contributed by atoms with van der Waals surface area (Å²) in [6.45, 7) is 4.90. The van der Waals surface area contributed by atoms with Crippen molar-refractivity contribution in [2.75, 3.05) is 5.32 Å². The number of ketones is 1. The van der Waals surface area contributed by atoms with Gasteiger partial charge in [-0.25, -0.2) is 0 Å². The van der Waals surface area contributed by atoms with Gasteiger partial charge in [0.05, 0.1) is 18.3 Å². The van der Waals surface area contributed by atoms with E-state index in [1.807, 2.05) is 36.4 Å². The lowest BCUT2D eigenvalue weighted by Crippen LogP contribution is -2.15. The van der Waals surface area contributed by atoms with Gasteiger partial charge in [-0.05, 0) is 49.3 Å². The Kier molecular flexibility index (Phi) is 8.60. The molecule has 1 N–H and O–H groups in total. The van der Waals surface area contributed by atoms with Crippen LogP contribution in [0.5, 0.6) is 0 Å². The molecule has 0 aliphatic carbocycles. The lowest BCUT2D eigenvalue weighted by Gasteiger charge is -2.05. The maximum absolute atomic E-state index is 12.1. The lowest BCUT2D eigenvalue weighted by atomic mass is 10.0. The van der Waals surface area contributed by atoms with Crippen molar-refractivity contribution in [3.8, 4) is 0 Å². The standard InChI is InChI=1S/C24H30N6O2/c1-18(2)11-13-22(31)21-17-30(29-27-21)15-7-6-10-20-12-14-23(28-26-20)25-24(32)16-19-8-4-3-5-9-19/h3-5,8-9,12,14,17-18H,6-7,10-11,13,15-16H2,1-2H3,(H,25,28,32). The van der Waals surface area contributed by atoms with Crippen molar-refractivity contribution >= 4 is 17.5 Å². The molecule has 0 atom stereocenters. The summed E-state index contributed by atoms with van der Waals surface area (Å²) in [5, 5.41) is 19.1. The number of Topliss-reactive ketones (excluding diaryl/α,β-unsaturated/α-hetero) is 1. The number of rotatable bonds is 12. The highest BCUT2D eigenvalue weighted by Gasteiger charge is 2.11. The average Bonchev–Trinajstić information content (AvgIpc) is 3.26. The highest BCUT2D eigenvalue weighted by atomic mass is 16.1. The van der Waals surface area contributed by atoms with Gasteiger partial charge in [0.25, 0.3) is 0 Å². The van der Waals surface area contributed by atoms with E-state index in [2.05, 4.69) is 39.7 Å². The fraction of sp³-hybridized carbons (Fsp3) is 0.417. The molecule has 0 saturated carbocycles. The number of carbonyl (C=O) groups excluding carboxylic acids is 2. The summed E-state index contributed by atoms with van der Waals surface area (Å²) in [5.74, 6) is 0.882. The van der Waals surface area contributed by atoms with E-state index < -0.39 is 0 Å². The molecule has 32 heavy (non-hydrogen) atoms. The molecule has 0 aliphatic rings. The summed E-state index contributed by atoms with van der Waals surface area (Å²) >= 11 is 0. The monoisotopic (exact) mass is 434 g/mol. The topological polar surface area (TPSA) is 103 Å². The SMILES string of the molecule is CC(C)CCC(=O)c1cn(CCCCc2ccc(NC(=O)Cc3ccccc3)nn2)nn1. The molecule has 0 saturated heterocycles. The first kappa shape index (κ1) is 23.2. The van der Waals surface area contributed by atoms with E-state index in [0.29, 0.717) is 36.8 Å². The Bertz CT molecular complexity index is 999. The van der Waals surface area contributed by atoms with Gasteiger partial charge < -0.3 is 5.32 Å². The fourth-order valence-electron chi connectivity index (χ4n) is 3.19. The van der Waals surface area contributed by atoms with Crippen LogP contribution < -0.4 is 5.32 Å². The van der Waals surface area contributed by atoms with E-state index in [0.717, 1.165) is 36.9 Å². The highest BCUT2D eigenvalue weighted by Crippen LogP contribution is 2.10. The predicted octanol–water partition coefficient (Wildman–Crippen LogP) is 3.89. The molecule has 3 aromatic rings. The molecule has 0 fully saturated rings. The van der Waals surface area contributed by atoms with E-state index in [9.17, 15) is 9.59 Å². The number of aromatic nitrogens is 5. The highest BCUT2D eigenvalue weighted by molar-refractivity contribution is 5.93. The molecule has 168 valence electrons. The Balaban J connectivity index is 1.37. The molecule has 0 spiro atoms. The van der Waals surface area contributed by atoms with Crippen LogP contribution in [-0.4, -0.2) is 36.9 Å². The Hall–Kier alpha value is -3.42. The lowest BCUT2D eigenvalue weighted by molar-refractivity contribution is -0.115. The third-order valence-corrected chi connectivity index (χ3v) is 5.04. The minimum Gasteiger partial charge on any atom is -0.309 e. The zero-order chi connectivity index (χ0) is 22.8. The number of nitrogens with one attached hydrogen (secondary N) is 1. The quantitative estimate of drug-likeness (QED) is 0.343. The van der Waals surface area contributed by atoms with Crippen LogP contribution in [0.15, 0.2) is 48.7 Å². The maximum Gasteiger partial charge on any atom is 0.229 e. The van der Waals surface area contributed by atoms with Crippen molar-refractivity contribution in [2.24, 2.45) is 5.92 Å². The average molecular weight is 435 g/mol. The molecular weight excluding hydrogens is 404 g/mol. The Morgan fingerprint density at radius 1 is 1.00 bits per heavy atom. The molecule has 0 unspecified atom stereocenters. The van der Waals surface area contributed by atoms with Crippen molar-refractivity contribution in [2.45, 2.75) is 58.9 Å². The summed E-state index contributed by atoms with van der Waals surface area (Å²) in [6.07, 6.45) is 5.98. The molecular formula is C24H30N6O2. The fourth-order valence-corrected chi connectivity index (χ4v) is 3.19. The largest absolute Gasteiger partial charge is 0.309 e. The van der Waals surface area contributed by atoms with Gasteiger partial charge in [0.2, 0.25) is 5.91 Å². The predicted molar refractivity (Wildman–Crippen MR) is 122 cm³/mol. The minimum atomic E-state index is -0.117. The van der Waals surface area contributed by atoms with E-state index >= 15 is 0 Å². The third-order valence-electron chi connectivity index (χ3n) is 5.04. The second kappa shape index (κ2) is 11.8. The molecule has 0 radical (unpaired) electrons. The molecule has 0 aliphatic heterocycles. The number of benzene rings is 1. The van der Waals surface area contributed by atoms with Gasteiger partial charge in [0.1, 0.15) is 5.69 Å². The summed E-state index contributed by atoms with van der Waals surface area (Å²) in [5.41, 5.74) is 2.27. The number of hydrogen-bond donors (Lipinski definition) is 1. The number of carbonyl (C=O) groups is 2. The van der Waals surface area contributed by atoms with E-state index in [-0.39, 0.29) is 11.7 Å². The first-order valence-corrected chi connectivity index (χ1v) is 11.1. The molecule has 1 amide bonds. The zero-order valence-corrected chi connectivity index (χ0v) is 18.7. The molecule has 0 bridgehead atoms. The summed E-state index contributed by atoms with van der Waals surface area (Å²) in [6, 6.07) is 13.2. The van der Waals surface area contributed by atoms with E-state index in [1.54, 1.807) is 16.9 Å². The smallest absolute Gasteiger partial charge is 0.229 e. The molecule has 3 rings (SSSR count). The van der Waals surface area contributed by atoms with Crippen LogP contribution in [-0.2, 0) is 24.2 Å². The number of amides is 1. The van der Waals surface area contributed by atoms with Crippen molar-refractivity contribution in [3.63, 3.8) is 0 Å². The number of unbranched alkanes of at least 4 members (excludes halogenated alkanes) is 1. The first-order valence-electron chi connectivity index (χ1n) is 11.1. The molecule has 8 nitrogen and oxygen atoms in total. The molecule has 2 aromatic heterocycles. The van der Waals surface area contributed by atoms with Crippen LogP contribution in [0.4, 0.5) is 5.82 Å². The maximum atomic E-state index is 12.1. The summed E-state index contributed by atoms with van der Waals surface area (Å²) in [4.78, 5) is 24.2. The van der Waals surface area contributed by atoms with Gasteiger partial charge in [-0.15, -0.1) is 10.2 Å². The van der Waals surface area contributed by atoms with Gasteiger partial charge in [-0.1, -0.05) is 49.4 Å². The number of anilines is 1. The van der Waals surface area contributed by atoms with Crippen LogP contribution in [0.25, 0.3) is 0 Å². The van der Waals surface area contributed by atoms with Crippen molar-refractivity contribution in [1.82, 2.24) is 25.2 Å². The Morgan fingerprint density at radius 3 is 2.53 bits per heavy atom. The second-order valence-electron chi connectivity index (χ2n) is 8.30. The van der Waals surface area contributed by atoms with E-state index in [1.165, 1.54) is 0 Å². The number of nitrogens with zero attached hydrogens (tertiary/aromatic N) is 5. The summed E-state index contributed by atoms with van der Waals surface area (Å²) < 4.78 is 1.72. The normalized spacial score (nSPS) is 11.0. The van der Waals surface area contributed by atoms with Crippen molar-refractivity contribution in [1.29, 1.82) is 0 Å². The van der Waals surface area contributed by atoms with Gasteiger partial charge in [-0.2, -0.15) is 5.10 Å². The molecule has 8 heteroatoms. The molecule has 1 aromatic carbocycles. The van der Waals surface area contributed by atoms with Crippen LogP contribution in [0.3, 0.4) is 0 Å².